The van der Waals surface area contributed by atoms with Gasteiger partial charge in [0.2, 0.25) is 0 Å². The zero-order valence-corrected chi connectivity index (χ0v) is 8.20. The van der Waals surface area contributed by atoms with Gasteiger partial charge in [-0.25, -0.2) is 0 Å². The smallest absolute Gasteiger partial charge is 0.313 e. The maximum absolute atomic E-state index is 11.3. The topological polar surface area (TPSA) is 39.2 Å². The van der Waals surface area contributed by atoms with E-state index in [-0.39, 0.29) is 11.9 Å². The molecule has 1 aromatic heterocycles. The largest absolute Gasteiger partial charge is 0.469 e. The second-order valence-electron chi connectivity index (χ2n) is 2.54. The SMILES string of the molecule is COC(=O)C(CS)c1ccncc1. The van der Waals surface area contributed by atoms with E-state index in [2.05, 4.69) is 22.3 Å². The predicted octanol–water partition coefficient (Wildman–Crippen LogP) is 1.27. The summed E-state index contributed by atoms with van der Waals surface area (Å²) in [6.45, 7) is 0. The molecule has 13 heavy (non-hydrogen) atoms. The van der Waals surface area contributed by atoms with Gasteiger partial charge < -0.3 is 4.74 Å². The first-order valence-electron chi connectivity index (χ1n) is 3.88. The summed E-state index contributed by atoms with van der Waals surface area (Å²) in [5.74, 6) is -0.117. The van der Waals surface area contributed by atoms with Gasteiger partial charge in [0, 0.05) is 18.1 Å². The Hall–Kier alpha value is -1.03. The van der Waals surface area contributed by atoms with Crippen molar-refractivity contribution in [3.8, 4) is 0 Å². The zero-order valence-electron chi connectivity index (χ0n) is 7.30. The van der Waals surface area contributed by atoms with Gasteiger partial charge in [-0.3, -0.25) is 9.78 Å². The van der Waals surface area contributed by atoms with Crippen LogP contribution in [-0.2, 0) is 9.53 Å². The molecule has 0 spiro atoms. The molecule has 0 saturated carbocycles. The molecule has 1 rings (SSSR count). The lowest BCUT2D eigenvalue weighted by molar-refractivity contribution is -0.141. The zero-order chi connectivity index (χ0) is 9.68. The number of pyridine rings is 1. The maximum Gasteiger partial charge on any atom is 0.313 e. The fraction of sp³-hybridized carbons (Fsp3) is 0.333. The number of nitrogens with zero attached hydrogens (tertiary/aromatic N) is 1. The fourth-order valence-electron chi connectivity index (χ4n) is 1.05. The lowest BCUT2D eigenvalue weighted by atomic mass is 10.0. The Bertz CT molecular complexity index is 276. The van der Waals surface area contributed by atoms with E-state index >= 15 is 0 Å². The minimum Gasteiger partial charge on any atom is -0.469 e. The summed E-state index contributed by atoms with van der Waals surface area (Å²) in [5.41, 5.74) is 0.886. The molecule has 0 amide bonds. The number of rotatable bonds is 3. The number of thiol groups is 1. The maximum atomic E-state index is 11.3. The summed E-state index contributed by atoms with van der Waals surface area (Å²) in [6.07, 6.45) is 3.30. The van der Waals surface area contributed by atoms with Gasteiger partial charge in [-0.2, -0.15) is 12.6 Å². The van der Waals surface area contributed by atoms with Crippen molar-refractivity contribution in [1.82, 2.24) is 4.98 Å². The van der Waals surface area contributed by atoms with Gasteiger partial charge in [0.1, 0.15) is 0 Å². The second kappa shape index (κ2) is 4.87. The van der Waals surface area contributed by atoms with Gasteiger partial charge in [0.15, 0.2) is 0 Å². The normalized spacial score (nSPS) is 12.2. The Morgan fingerprint density at radius 2 is 2.23 bits per heavy atom. The van der Waals surface area contributed by atoms with Crippen molar-refractivity contribution in [2.45, 2.75) is 5.92 Å². The summed E-state index contributed by atoms with van der Waals surface area (Å²) >= 11 is 4.10. The molecular weight excluding hydrogens is 186 g/mol. The number of ether oxygens (including phenoxy) is 1. The molecule has 0 saturated heterocycles. The van der Waals surface area contributed by atoms with E-state index in [0.29, 0.717) is 5.75 Å². The van der Waals surface area contributed by atoms with Gasteiger partial charge in [0.05, 0.1) is 13.0 Å². The molecule has 0 aliphatic carbocycles. The quantitative estimate of drug-likeness (QED) is 0.586. The predicted molar refractivity (Wildman–Crippen MR) is 52.8 cm³/mol. The van der Waals surface area contributed by atoms with E-state index < -0.39 is 0 Å². The van der Waals surface area contributed by atoms with Crippen LogP contribution < -0.4 is 0 Å². The van der Waals surface area contributed by atoms with Gasteiger partial charge in [0.25, 0.3) is 0 Å². The molecule has 0 aliphatic rings. The van der Waals surface area contributed by atoms with Gasteiger partial charge in [-0.05, 0) is 17.7 Å². The molecule has 70 valence electrons. The molecule has 4 heteroatoms. The highest BCUT2D eigenvalue weighted by Gasteiger charge is 2.18. The van der Waals surface area contributed by atoms with Crippen molar-refractivity contribution in [3.05, 3.63) is 30.1 Å². The Morgan fingerprint density at radius 3 is 2.69 bits per heavy atom. The molecule has 0 aromatic carbocycles. The summed E-state index contributed by atoms with van der Waals surface area (Å²) in [6, 6.07) is 3.58. The van der Waals surface area contributed by atoms with Crippen molar-refractivity contribution in [2.24, 2.45) is 0 Å². The van der Waals surface area contributed by atoms with E-state index in [9.17, 15) is 4.79 Å². The summed E-state index contributed by atoms with van der Waals surface area (Å²) in [5, 5.41) is 0. The number of carbonyl (C=O) groups is 1. The van der Waals surface area contributed by atoms with E-state index in [1.165, 1.54) is 7.11 Å². The molecule has 1 aromatic rings. The molecule has 0 bridgehead atoms. The molecule has 1 atom stereocenters. The third-order valence-electron chi connectivity index (χ3n) is 1.78. The van der Waals surface area contributed by atoms with Crippen molar-refractivity contribution in [1.29, 1.82) is 0 Å². The Labute approximate surface area is 82.5 Å². The molecule has 0 fully saturated rings. The van der Waals surface area contributed by atoms with Crippen molar-refractivity contribution >= 4 is 18.6 Å². The average Bonchev–Trinajstić information content (AvgIpc) is 2.20. The van der Waals surface area contributed by atoms with Gasteiger partial charge >= 0.3 is 5.97 Å². The van der Waals surface area contributed by atoms with Crippen LogP contribution in [0.5, 0.6) is 0 Å². The highest BCUT2D eigenvalue weighted by atomic mass is 32.1. The Kier molecular flexibility index (Phi) is 3.76. The highest BCUT2D eigenvalue weighted by Crippen LogP contribution is 2.17. The van der Waals surface area contributed by atoms with Crippen LogP contribution in [0, 0.1) is 0 Å². The van der Waals surface area contributed by atoms with Crippen LogP contribution in [-0.4, -0.2) is 23.8 Å². The van der Waals surface area contributed by atoms with Crippen LogP contribution in [0.2, 0.25) is 0 Å². The minimum absolute atomic E-state index is 0.263. The number of hydrogen-bond donors (Lipinski definition) is 1. The Balaban J connectivity index is 2.85. The van der Waals surface area contributed by atoms with Gasteiger partial charge in [-0.1, -0.05) is 0 Å². The lowest BCUT2D eigenvalue weighted by Crippen LogP contribution is -2.15. The standard InChI is InChI=1S/C9H11NO2S/c1-12-9(11)8(6-13)7-2-4-10-5-3-7/h2-5,8,13H,6H2,1H3. The van der Waals surface area contributed by atoms with E-state index in [0.717, 1.165) is 5.56 Å². The molecule has 3 nitrogen and oxygen atoms in total. The highest BCUT2D eigenvalue weighted by molar-refractivity contribution is 7.80. The lowest BCUT2D eigenvalue weighted by Gasteiger charge is -2.11. The van der Waals surface area contributed by atoms with Crippen molar-refractivity contribution in [2.75, 3.05) is 12.9 Å². The second-order valence-corrected chi connectivity index (χ2v) is 2.90. The van der Waals surface area contributed by atoms with E-state index in [1.807, 2.05) is 0 Å². The molecular formula is C9H11NO2S. The molecule has 0 radical (unpaired) electrons. The molecule has 1 heterocycles. The number of carbonyl (C=O) groups excluding carboxylic acids is 1. The van der Waals surface area contributed by atoms with Crippen LogP contribution in [0.25, 0.3) is 0 Å². The number of esters is 1. The van der Waals surface area contributed by atoms with Crippen LogP contribution >= 0.6 is 12.6 Å². The Morgan fingerprint density at radius 1 is 1.62 bits per heavy atom. The minimum atomic E-state index is -0.295. The fourth-order valence-corrected chi connectivity index (χ4v) is 1.41. The molecule has 1 unspecified atom stereocenters. The van der Waals surface area contributed by atoms with Crippen LogP contribution in [0.4, 0.5) is 0 Å². The number of methoxy groups -OCH3 is 1. The third-order valence-corrected chi connectivity index (χ3v) is 2.14. The number of hydrogen-bond acceptors (Lipinski definition) is 4. The molecule has 0 aliphatic heterocycles. The first kappa shape index (κ1) is 10.1. The monoisotopic (exact) mass is 197 g/mol. The first-order chi connectivity index (χ1) is 6.29. The van der Waals surface area contributed by atoms with E-state index in [4.69, 9.17) is 0 Å². The van der Waals surface area contributed by atoms with Crippen LogP contribution in [0.1, 0.15) is 11.5 Å². The third kappa shape index (κ3) is 2.45. The number of aromatic nitrogens is 1. The van der Waals surface area contributed by atoms with Crippen LogP contribution in [0.3, 0.4) is 0 Å². The van der Waals surface area contributed by atoms with Crippen molar-refractivity contribution < 1.29 is 9.53 Å². The van der Waals surface area contributed by atoms with Gasteiger partial charge in [-0.15, -0.1) is 0 Å². The van der Waals surface area contributed by atoms with Crippen molar-refractivity contribution in [3.63, 3.8) is 0 Å². The average molecular weight is 197 g/mol. The molecule has 0 N–H and O–H groups in total. The van der Waals surface area contributed by atoms with E-state index in [1.54, 1.807) is 24.5 Å². The summed E-state index contributed by atoms with van der Waals surface area (Å²) in [4.78, 5) is 15.1. The summed E-state index contributed by atoms with van der Waals surface area (Å²) < 4.78 is 4.65. The van der Waals surface area contributed by atoms with Crippen LogP contribution in [0.15, 0.2) is 24.5 Å². The summed E-state index contributed by atoms with van der Waals surface area (Å²) in [7, 11) is 1.37. The first-order valence-corrected chi connectivity index (χ1v) is 4.51.